The Labute approximate surface area is 139 Å². The van der Waals surface area contributed by atoms with Crippen molar-refractivity contribution in [1.82, 2.24) is 4.98 Å². The highest BCUT2D eigenvalue weighted by atomic mass is 19.1. The van der Waals surface area contributed by atoms with E-state index in [1.54, 1.807) is 26.0 Å². The lowest BCUT2D eigenvalue weighted by molar-refractivity contribution is -0.143. The van der Waals surface area contributed by atoms with E-state index in [9.17, 15) is 19.1 Å². The molecule has 0 amide bonds. The van der Waals surface area contributed by atoms with E-state index in [0.717, 1.165) is 0 Å². The summed E-state index contributed by atoms with van der Waals surface area (Å²) in [5.74, 6) is -1.61. The minimum atomic E-state index is -0.484. The third-order valence-electron chi connectivity index (χ3n) is 3.54. The third-order valence-corrected chi connectivity index (χ3v) is 3.54. The van der Waals surface area contributed by atoms with E-state index in [4.69, 9.17) is 4.74 Å². The van der Waals surface area contributed by atoms with Gasteiger partial charge in [-0.25, -0.2) is 9.37 Å². The van der Waals surface area contributed by atoms with Gasteiger partial charge >= 0.3 is 5.97 Å². The van der Waals surface area contributed by atoms with Gasteiger partial charge in [0.2, 0.25) is 0 Å². The predicted octanol–water partition coefficient (Wildman–Crippen LogP) is 3.43. The first-order valence-corrected chi connectivity index (χ1v) is 7.58. The smallest absolute Gasteiger partial charge is 0.306 e. The summed E-state index contributed by atoms with van der Waals surface area (Å²) in [5, 5.41) is 9.87. The van der Waals surface area contributed by atoms with Crippen molar-refractivity contribution in [2.24, 2.45) is 0 Å². The van der Waals surface area contributed by atoms with Crippen LogP contribution in [0.15, 0.2) is 30.3 Å². The van der Waals surface area contributed by atoms with Crippen molar-refractivity contribution in [2.45, 2.75) is 26.7 Å². The van der Waals surface area contributed by atoms with E-state index in [2.05, 4.69) is 4.98 Å². The molecule has 0 fully saturated rings. The molecule has 1 heterocycles. The molecule has 0 radical (unpaired) electrons. The summed E-state index contributed by atoms with van der Waals surface area (Å²) < 4.78 is 18.5. The number of hydrogen-bond donors (Lipinski definition) is 1. The summed E-state index contributed by atoms with van der Waals surface area (Å²) in [6, 6.07) is 7.42. The number of carbonyl (C=O) groups excluding carboxylic acids is 2. The first-order valence-electron chi connectivity index (χ1n) is 7.58. The summed E-state index contributed by atoms with van der Waals surface area (Å²) >= 11 is 0. The highest BCUT2D eigenvalue weighted by molar-refractivity contribution is 5.98. The Balaban J connectivity index is 2.27. The van der Waals surface area contributed by atoms with Crippen LogP contribution in [-0.4, -0.2) is 28.4 Å². The lowest BCUT2D eigenvalue weighted by atomic mass is 10.0. The number of rotatable bonds is 6. The number of nitrogens with zero attached hydrogens (tertiary/aromatic N) is 1. The summed E-state index contributed by atoms with van der Waals surface area (Å²) in [6.45, 7) is 3.53. The summed E-state index contributed by atoms with van der Waals surface area (Å²) in [7, 11) is 0. The van der Waals surface area contributed by atoms with Gasteiger partial charge in [-0.3, -0.25) is 9.59 Å². The molecule has 6 heteroatoms. The van der Waals surface area contributed by atoms with E-state index in [0.29, 0.717) is 16.8 Å². The van der Waals surface area contributed by atoms with Crippen LogP contribution in [0.3, 0.4) is 0 Å². The van der Waals surface area contributed by atoms with Crippen LogP contribution < -0.4 is 0 Å². The third kappa shape index (κ3) is 3.95. The molecule has 1 N–H and O–H groups in total. The van der Waals surface area contributed by atoms with Gasteiger partial charge in [-0.05, 0) is 37.6 Å². The van der Waals surface area contributed by atoms with Gasteiger partial charge in [0.25, 0.3) is 0 Å². The molecule has 0 unspecified atom stereocenters. The normalized spacial score (nSPS) is 10.5. The number of aromatic hydroxyl groups is 1. The van der Waals surface area contributed by atoms with Crippen LogP contribution in [0.2, 0.25) is 0 Å². The number of Topliss-reactive ketones (excluding diaryl/α,β-unsaturated/α-hetero) is 1. The van der Waals surface area contributed by atoms with Gasteiger partial charge in [0, 0.05) is 12.0 Å². The fourth-order valence-electron chi connectivity index (χ4n) is 2.26. The Kier molecular flexibility index (Phi) is 5.63. The zero-order valence-corrected chi connectivity index (χ0v) is 13.5. The molecule has 0 saturated carbocycles. The number of aromatic nitrogens is 1. The van der Waals surface area contributed by atoms with Crippen molar-refractivity contribution < 1.29 is 23.8 Å². The van der Waals surface area contributed by atoms with Crippen LogP contribution in [-0.2, 0) is 9.53 Å². The van der Waals surface area contributed by atoms with E-state index in [1.165, 1.54) is 18.2 Å². The van der Waals surface area contributed by atoms with Crippen molar-refractivity contribution >= 4 is 11.8 Å². The molecular formula is C18H18FNO4. The number of ketones is 1. The SMILES string of the molecule is CCOC(=O)CCC(=O)c1nc(-c2cccc(F)c2C)ccc1O. The molecule has 5 nitrogen and oxygen atoms in total. The molecule has 2 aromatic rings. The second-order valence-electron chi connectivity index (χ2n) is 5.20. The molecule has 1 aromatic carbocycles. The number of benzene rings is 1. The number of esters is 1. The van der Waals surface area contributed by atoms with Crippen LogP contribution in [0, 0.1) is 12.7 Å². The average Bonchev–Trinajstić information content (AvgIpc) is 2.56. The second kappa shape index (κ2) is 7.68. The Morgan fingerprint density at radius 3 is 2.67 bits per heavy atom. The zero-order valence-electron chi connectivity index (χ0n) is 13.5. The van der Waals surface area contributed by atoms with Crippen LogP contribution >= 0.6 is 0 Å². The van der Waals surface area contributed by atoms with E-state index in [1.807, 2.05) is 0 Å². The molecule has 0 aliphatic rings. The highest BCUT2D eigenvalue weighted by Gasteiger charge is 2.17. The Morgan fingerprint density at radius 2 is 1.96 bits per heavy atom. The van der Waals surface area contributed by atoms with Gasteiger partial charge in [-0.2, -0.15) is 0 Å². The molecule has 0 spiro atoms. The van der Waals surface area contributed by atoms with Crippen molar-refractivity contribution in [3.63, 3.8) is 0 Å². The standard InChI is InChI=1S/C18H18FNO4/c1-3-24-17(23)10-9-16(22)18-15(21)8-7-14(20-18)12-5-4-6-13(19)11(12)2/h4-8,21H,3,9-10H2,1-2H3. The lowest BCUT2D eigenvalue weighted by Gasteiger charge is -2.09. The van der Waals surface area contributed by atoms with Gasteiger partial charge in [-0.1, -0.05) is 12.1 Å². The van der Waals surface area contributed by atoms with Crippen molar-refractivity contribution in [3.05, 3.63) is 47.4 Å². The molecule has 24 heavy (non-hydrogen) atoms. The Morgan fingerprint density at radius 1 is 1.21 bits per heavy atom. The Bertz CT molecular complexity index is 774. The molecule has 2 rings (SSSR count). The topological polar surface area (TPSA) is 76.5 Å². The summed E-state index contributed by atoms with van der Waals surface area (Å²) in [4.78, 5) is 27.7. The minimum Gasteiger partial charge on any atom is -0.506 e. The molecule has 126 valence electrons. The zero-order chi connectivity index (χ0) is 17.7. The van der Waals surface area contributed by atoms with Crippen LogP contribution in [0.5, 0.6) is 5.75 Å². The van der Waals surface area contributed by atoms with Crippen molar-refractivity contribution in [3.8, 4) is 17.0 Å². The van der Waals surface area contributed by atoms with Gasteiger partial charge in [-0.15, -0.1) is 0 Å². The lowest BCUT2D eigenvalue weighted by Crippen LogP contribution is -2.09. The van der Waals surface area contributed by atoms with Crippen molar-refractivity contribution in [2.75, 3.05) is 6.61 Å². The predicted molar refractivity (Wildman–Crippen MR) is 86.2 cm³/mol. The first kappa shape index (κ1) is 17.6. The molecule has 0 atom stereocenters. The maximum absolute atomic E-state index is 13.7. The number of pyridine rings is 1. The summed E-state index contributed by atoms with van der Waals surface area (Å²) in [5.41, 5.74) is 1.18. The van der Waals surface area contributed by atoms with Gasteiger partial charge in [0.15, 0.2) is 5.78 Å². The van der Waals surface area contributed by atoms with E-state index >= 15 is 0 Å². The molecule has 0 aliphatic heterocycles. The monoisotopic (exact) mass is 331 g/mol. The van der Waals surface area contributed by atoms with E-state index in [-0.39, 0.29) is 36.7 Å². The van der Waals surface area contributed by atoms with Gasteiger partial charge in [0.1, 0.15) is 17.3 Å². The minimum absolute atomic E-state index is 0.0863. The van der Waals surface area contributed by atoms with E-state index < -0.39 is 11.8 Å². The number of ether oxygens (including phenoxy) is 1. The Hall–Kier alpha value is -2.76. The fourth-order valence-corrected chi connectivity index (χ4v) is 2.26. The molecule has 1 aromatic heterocycles. The fraction of sp³-hybridized carbons (Fsp3) is 0.278. The maximum atomic E-state index is 13.7. The number of hydrogen-bond acceptors (Lipinski definition) is 5. The first-order chi connectivity index (χ1) is 11.4. The van der Waals surface area contributed by atoms with Crippen LogP contribution in [0.25, 0.3) is 11.3 Å². The average molecular weight is 331 g/mol. The van der Waals surface area contributed by atoms with Crippen LogP contribution in [0.1, 0.15) is 35.8 Å². The second-order valence-corrected chi connectivity index (χ2v) is 5.20. The highest BCUT2D eigenvalue weighted by Crippen LogP contribution is 2.27. The van der Waals surface area contributed by atoms with Crippen molar-refractivity contribution in [1.29, 1.82) is 0 Å². The molecule has 0 aliphatic carbocycles. The summed E-state index contributed by atoms with van der Waals surface area (Å²) in [6.07, 6.45) is -0.206. The molecular weight excluding hydrogens is 313 g/mol. The number of halogens is 1. The van der Waals surface area contributed by atoms with Gasteiger partial charge < -0.3 is 9.84 Å². The molecule has 0 saturated heterocycles. The maximum Gasteiger partial charge on any atom is 0.306 e. The quantitative estimate of drug-likeness (QED) is 0.648. The largest absolute Gasteiger partial charge is 0.506 e. The number of carbonyl (C=O) groups is 2. The molecule has 0 bridgehead atoms. The van der Waals surface area contributed by atoms with Gasteiger partial charge in [0.05, 0.1) is 18.7 Å². The van der Waals surface area contributed by atoms with Crippen LogP contribution in [0.4, 0.5) is 4.39 Å².